The first-order chi connectivity index (χ1) is 8.66. The van der Waals surface area contributed by atoms with Gasteiger partial charge in [-0.3, -0.25) is 9.78 Å². The minimum absolute atomic E-state index is 0.121. The molecule has 5 nitrogen and oxygen atoms in total. The first kappa shape index (κ1) is 11.7. The molecule has 96 valence electrons. The fourth-order valence-corrected chi connectivity index (χ4v) is 2.87. The Bertz CT molecular complexity index is 494. The van der Waals surface area contributed by atoms with E-state index in [0.29, 0.717) is 31.2 Å². The average Bonchev–Trinajstić information content (AvgIpc) is 2.37. The van der Waals surface area contributed by atoms with E-state index in [9.17, 15) is 9.90 Å². The largest absolute Gasteiger partial charge is 0.481 e. The van der Waals surface area contributed by atoms with E-state index in [1.54, 1.807) is 6.20 Å². The molecule has 1 fully saturated rings. The highest BCUT2D eigenvalue weighted by molar-refractivity contribution is 6.30. The van der Waals surface area contributed by atoms with Crippen molar-refractivity contribution in [2.75, 3.05) is 24.7 Å². The monoisotopic (exact) mass is 268 g/mol. The molecule has 18 heavy (non-hydrogen) atoms. The SMILES string of the molecule is O=C(O)C1Cc2ncc(Cl)cc2N2CCOCC12. The van der Waals surface area contributed by atoms with E-state index >= 15 is 0 Å². The molecule has 0 spiro atoms. The third kappa shape index (κ3) is 1.83. The number of fused-ring (bicyclic) bond motifs is 3. The van der Waals surface area contributed by atoms with Gasteiger partial charge in [-0.05, 0) is 6.07 Å². The highest BCUT2D eigenvalue weighted by atomic mass is 35.5. The number of carboxylic acids is 1. The zero-order valence-corrected chi connectivity index (χ0v) is 10.4. The van der Waals surface area contributed by atoms with Crippen molar-refractivity contribution in [1.82, 2.24) is 4.98 Å². The minimum Gasteiger partial charge on any atom is -0.481 e. The Morgan fingerprint density at radius 1 is 1.61 bits per heavy atom. The van der Waals surface area contributed by atoms with Gasteiger partial charge >= 0.3 is 5.97 Å². The summed E-state index contributed by atoms with van der Waals surface area (Å²) in [6, 6.07) is 1.74. The third-order valence-electron chi connectivity index (χ3n) is 3.58. The number of carboxylic acid groups (broad SMARTS) is 1. The number of rotatable bonds is 1. The lowest BCUT2D eigenvalue weighted by Gasteiger charge is -2.44. The summed E-state index contributed by atoms with van der Waals surface area (Å²) in [4.78, 5) is 17.7. The molecule has 2 atom stereocenters. The van der Waals surface area contributed by atoms with Crippen LogP contribution in [0.25, 0.3) is 0 Å². The predicted octanol–water partition coefficient (Wildman–Crippen LogP) is 1.20. The number of hydrogen-bond donors (Lipinski definition) is 1. The molecule has 2 aliphatic heterocycles. The lowest BCUT2D eigenvalue weighted by atomic mass is 9.87. The van der Waals surface area contributed by atoms with E-state index in [1.807, 2.05) is 6.07 Å². The molecule has 0 aromatic carbocycles. The van der Waals surface area contributed by atoms with E-state index in [1.165, 1.54) is 0 Å². The van der Waals surface area contributed by atoms with Gasteiger partial charge in [0, 0.05) is 19.2 Å². The van der Waals surface area contributed by atoms with Crippen LogP contribution >= 0.6 is 11.6 Å². The highest BCUT2D eigenvalue weighted by Crippen LogP contribution is 2.35. The fourth-order valence-electron chi connectivity index (χ4n) is 2.71. The van der Waals surface area contributed by atoms with Crippen molar-refractivity contribution in [2.45, 2.75) is 12.5 Å². The van der Waals surface area contributed by atoms with Gasteiger partial charge in [0.05, 0.1) is 41.6 Å². The summed E-state index contributed by atoms with van der Waals surface area (Å²) in [5.74, 6) is -1.26. The Labute approximate surface area is 109 Å². The Balaban J connectivity index is 2.05. The predicted molar refractivity (Wildman–Crippen MR) is 66.0 cm³/mol. The van der Waals surface area contributed by atoms with Gasteiger partial charge in [-0.25, -0.2) is 0 Å². The third-order valence-corrected chi connectivity index (χ3v) is 3.79. The first-order valence-electron chi connectivity index (χ1n) is 5.88. The summed E-state index contributed by atoms with van der Waals surface area (Å²) in [6.45, 7) is 1.74. The maximum absolute atomic E-state index is 11.3. The molecule has 1 aromatic rings. The van der Waals surface area contributed by atoms with Gasteiger partial charge in [-0.1, -0.05) is 11.6 Å². The number of anilines is 1. The van der Waals surface area contributed by atoms with Gasteiger partial charge in [-0.15, -0.1) is 0 Å². The molecule has 2 unspecified atom stereocenters. The van der Waals surface area contributed by atoms with E-state index in [0.717, 1.165) is 11.4 Å². The van der Waals surface area contributed by atoms with Crippen LogP contribution in [-0.2, 0) is 16.0 Å². The van der Waals surface area contributed by atoms with Crippen molar-refractivity contribution >= 4 is 23.3 Å². The van der Waals surface area contributed by atoms with Crippen molar-refractivity contribution in [3.63, 3.8) is 0 Å². The number of nitrogens with zero attached hydrogens (tertiary/aromatic N) is 2. The van der Waals surface area contributed by atoms with Crippen LogP contribution in [0.4, 0.5) is 5.69 Å². The molecule has 0 saturated carbocycles. The van der Waals surface area contributed by atoms with E-state index in [2.05, 4.69) is 9.88 Å². The summed E-state index contributed by atoms with van der Waals surface area (Å²) in [5, 5.41) is 9.90. The fraction of sp³-hybridized carbons (Fsp3) is 0.500. The van der Waals surface area contributed by atoms with E-state index < -0.39 is 11.9 Å². The molecule has 0 aliphatic carbocycles. The molecule has 0 radical (unpaired) electrons. The topological polar surface area (TPSA) is 62.7 Å². The average molecular weight is 269 g/mol. The molecular weight excluding hydrogens is 256 g/mol. The second kappa shape index (κ2) is 4.40. The van der Waals surface area contributed by atoms with Gasteiger partial charge in [0.2, 0.25) is 0 Å². The Morgan fingerprint density at radius 3 is 3.22 bits per heavy atom. The van der Waals surface area contributed by atoms with Gasteiger partial charge < -0.3 is 14.7 Å². The standard InChI is InChI=1S/C12H13ClN2O3/c13-7-3-10-9(14-5-7)4-8(12(16)17)11-6-18-2-1-15(10)11/h3,5,8,11H,1-2,4,6H2,(H,16,17). The number of hydrogen-bond acceptors (Lipinski definition) is 4. The maximum Gasteiger partial charge on any atom is 0.309 e. The van der Waals surface area contributed by atoms with Gasteiger partial charge in [-0.2, -0.15) is 0 Å². The van der Waals surface area contributed by atoms with Crippen LogP contribution in [0.15, 0.2) is 12.3 Å². The Kier molecular flexibility index (Phi) is 2.87. The number of pyridine rings is 1. The molecule has 0 amide bonds. The summed E-state index contributed by atoms with van der Waals surface area (Å²) in [5.41, 5.74) is 1.76. The quantitative estimate of drug-likeness (QED) is 0.829. The zero-order chi connectivity index (χ0) is 12.7. The number of aliphatic carboxylic acids is 1. The lowest BCUT2D eigenvalue weighted by Crippen LogP contribution is -2.55. The molecule has 1 saturated heterocycles. The van der Waals surface area contributed by atoms with Crippen molar-refractivity contribution in [1.29, 1.82) is 0 Å². The molecule has 2 aliphatic rings. The normalized spacial score (nSPS) is 26.4. The van der Waals surface area contributed by atoms with Gasteiger partial charge in [0.15, 0.2) is 0 Å². The second-order valence-corrected chi connectivity index (χ2v) is 5.04. The number of aromatic nitrogens is 1. The van der Waals surface area contributed by atoms with Crippen molar-refractivity contribution < 1.29 is 14.6 Å². The number of morpholine rings is 1. The van der Waals surface area contributed by atoms with Crippen LogP contribution in [0.1, 0.15) is 5.69 Å². The molecular formula is C12H13ClN2O3. The summed E-state index contributed by atoms with van der Waals surface area (Å²) in [7, 11) is 0. The maximum atomic E-state index is 11.3. The van der Waals surface area contributed by atoms with Crippen LogP contribution in [0.3, 0.4) is 0 Å². The van der Waals surface area contributed by atoms with Gasteiger partial charge in [0.25, 0.3) is 0 Å². The van der Waals surface area contributed by atoms with E-state index in [4.69, 9.17) is 16.3 Å². The summed E-state index contributed by atoms with van der Waals surface area (Å²) in [6.07, 6.45) is 2.01. The van der Waals surface area contributed by atoms with Crippen LogP contribution in [0.2, 0.25) is 5.02 Å². The van der Waals surface area contributed by atoms with Crippen LogP contribution in [0.5, 0.6) is 0 Å². The molecule has 1 aromatic heterocycles. The van der Waals surface area contributed by atoms with Crippen LogP contribution in [-0.4, -0.2) is 41.9 Å². The van der Waals surface area contributed by atoms with Gasteiger partial charge in [0.1, 0.15) is 0 Å². The Hall–Kier alpha value is -1.33. The number of ether oxygens (including phenoxy) is 1. The first-order valence-corrected chi connectivity index (χ1v) is 6.26. The minimum atomic E-state index is -0.794. The molecule has 0 bridgehead atoms. The second-order valence-electron chi connectivity index (χ2n) is 4.60. The molecule has 1 N–H and O–H groups in total. The number of halogens is 1. The summed E-state index contributed by atoms with van der Waals surface area (Å²) >= 11 is 5.97. The highest BCUT2D eigenvalue weighted by Gasteiger charge is 2.40. The van der Waals surface area contributed by atoms with Crippen molar-refractivity contribution in [3.05, 3.63) is 23.0 Å². The summed E-state index contributed by atoms with van der Waals surface area (Å²) < 4.78 is 5.41. The number of carbonyl (C=O) groups is 1. The molecule has 3 heterocycles. The molecule has 6 heteroatoms. The van der Waals surface area contributed by atoms with E-state index in [-0.39, 0.29) is 6.04 Å². The molecule has 3 rings (SSSR count). The smallest absolute Gasteiger partial charge is 0.309 e. The van der Waals surface area contributed by atoms with Crippen LogP contribution < -0.4 is 4.90 Å². The van der Waals surface area contributed by atoms with Crippen molar-refractivity contribution in [2.24, 2.45) is 5.92 Å². The lowest BCUT2D eigenvalue weighted by molar-refractivity contribution is -0.143. The van der Waals surface area contributed by atoms with Crippen LogP contribution in [0, 0.1) is 5.92 Å². The van der Waals surface area contributed by atoms with Crippen molar-refractivity contribution in [3.8, 4) is 0 Å². The zero-order valence-electron chi connectivity index (χ0n) is 9.67. The Morgan fingerprint density at radius 2 is 2.44 bits per heavy atom.